The Morgan fingerprint density at radius 3 is 1.29 bits per heavy atom. The number of aliphatic hydroxyl groups excluding tert-OH is 8. The van der Waals surface area contributed by atoms with Crippen molar-refractivity contribution in [2.45, 2.75) is 299 Å². The summed E-state index contributed by atoms with van der Waals surface area (Å²) in [6, 6.07) is -0.939. The lowest BCUT2D eigenvalue weighted by Crippen LogP contribution is -2.65. The van der Waals surface area contributed by atoms with Gasteiger partial charge in [-0.05, 0) is 96.3 Å². The predicted octanol–water partition coefficient (Wildman–Crippen LogP) is 12.9. The van der Waals surface area contributed by atoms with E-state index in [1.165, 1.54) is 103 Å². The van der Waals surface area contributed by atoms with E-state index in [9.17, 15) is 45.6 Å². The fourth-order valence-corrected chi connectivity index (χ4v) is 10.1. The van der Waals surface area contributed by atoms with E-state index < -0.39 is 86.8 Å². The van der Waals surface area contributed by atoms with Crippen molar-refractivity contribution in [1.82, 2.24) is 5.32 Å². The molecule has 2 aliphatic rings. The van der Waals surface area contributed by atoms with Gasteiger partial charge in [-0.3, -0.25) is 4.79 Å². The second-order valence-corrected chi connectivity index (χ2v) is 22.9. The average Bonchev–Trinajstić information content (AvgIpc) is 3.65. The summed E-state index contributed by atoms with van der Waals surface area (Å²) < 4.78 is 22.8. The molecule has 0 spiro atoms. The minimum atomic E-state index is -1.80. The molecule has 85 heavy (non-hydrogen) atoms. The summed E-state index contributed by atoms with van der Waals surface area (Å²) in [4.78, 5) is 13.3. The van der Waals surface area contributed by atoms with Crippen LogP contribution in [0.2, 0.25) is 0 Å². The lowest BCUT2D eigenvalue weighted by Gasteiger charge is -2.46. The normalized spacial score (nSPS) is 24.4. The largest absolute Gasteiger partial charge is 0.394 e. The molecular weight excluding hydrogens is 1070 g/mol. The third-order valence-corrected chi connectivity index (χ3v) is 15.4. The highest BCUT2D eigenvalue weighted by atomic mass is 16.7. The highest BCUT2D eigenvalue weighted by Crippen LogP contribution is 2.30. The highest BCUT2D eigenvalue weighted by molar-refractivity contribution is 5.76. The molecule has 14 heteroatoms. The molecule has 12 unspecified atom stereocenters. The minimum absolute atomic E-state index is 0.257. The summed E-state index contributed by atoms with van der Waals surface area (Å²) >= 11 is 0. The zero-order valence-electron chi connectivity index (χ0n) is 52.6. The molecule has 9 N–H and O–H groups in total. The number of nitrogens with one attached hydrogen (secondary N) is 1. The highest BCUT2D eigenvalue weighted by Gasteiger charge is 2.51. The fraction of sp³-hybridized carbons (Fsp3) is 0.704. The molecule has 2 aliphatic heterocycles. The van der Waals surface area contributed by atoms with Crippen molar-refractivity contribution in [3.63, 3.8) is 0 Å². The van der Waals surface area contributed by atoms with Crippen LogP contribution in [0.5, 0.6) is 0 Å². The van der Waals surface area contributed by atoms with Crippen LogP contribution in [0.1, 0.15) is 226 Å². The maximum absolute atomic E-state index is 13.3. The maximum Gasteiger partial charge on any atom is 0.220 e. The van der Waals surface area contributed by atoms with Gasteiger partial charge in [-0.15, -0.1) is 0 Å². The number of unbranched alkanes of at least 4 members (excludes halogenated alkanes) is 21. The zero-order chi connectivity index (χ0) is 61.6. The SMILES string of the molecule is CC/C=C\C/C=C\C/C=C\C/C=C\C/C=C\C/C=C\C/C=C\C/C=C\CCCCCCCCCCCCCCC(=O)NC(COC1OC(CO)C(OC2OC(CO)C(O)C(O)C2O)C(O)C1O)C(O)/C=C/CC/C=C/CCCCCCCCCC. The van der Waals surface area contributed by atoms with Crippen molar-refractivity contribution in [2.75, 3.05) is 19.8 Å². The minimum Gasteiger partial charge on any atom is -0.394 e. The van der Waals surface area contributed by atoms with E-state index >= 15 is 0 Å². The molecule has 12 atom stereocenters. The third-order valence-electron chi connectivity index (χ3n) is 15.4. The van der Waals surface area contributed by atoms with Gasteiger partial charge in [0.1, 0.15) is 48.8 Å². The first-order valence-corrected chi connectivity index (χ1v) is 33.3. The molecule has 0 aromatic rings. The zero-order valence-corrected chi connectivity index (χ0v) is 52.6. The van der Waals surface area contributed by atoms with Crippen molar-refractivity contribution >= 4 is 5.91 Å². The quantitative estimate of drug-likeness (QED) is 0.0204. The maximum atomic E-state index is 13.3. The van der Waals surface area contributed by atoms with Crippen LogP contribution in [-0.4, -0.2) is 140 Å². The molecule has 2 saturated heterocycles. The van der Waals surface area contributed by atoms with E-state index in [0.29, 0.717) is 12.8 Å². The lowest BCUT2D eigenvalue weighted by molar-refractivity contribution is -0.359. The summed E-state index contributed by atoms with van der Waals surface area (Å²) in [5, 5.41) is 87.1. The molecular formula is C71H119NO13. The summed E-state index contributed by atoms with van der Waals surface area (Å²) in [5.74, 6) is -0.257. The topological polar surface area (TPSA) is 228 Å². The predicted molar refractivity (Wildman–Crippen MR) is 345 cm³/mol. The van der Waals surface area contributed by atoms with Crippen LogP contribution in [0, 0.1) is 0 Å². The third kappa shape index (κ3) is 39.1. The number of allylic oxidation sites excluding steroid dienone is 19. The second kappa shape index (κ2) is 54.5. The number of carbonyl (C=O) groups is 1. The van der Waals surface area contributed by atoms with E-state index in [0.717, 1.165) is 89.9 Å². The van der Waals surface area contributed by atoms with Gasteiger partial charge >= 0.3 is 0 Å². The van der Waals surface area contributed by atoms with Gasteiger partial charge in [-0.2, -0.15) is 0 Å². The number of ether oxygens (including phenoxy) is 4. The molecule has 0 saturated carbocycles. The molecule has 2 rings (SSSR count). The van der Waals surface area contributed by atoms with Crippen molar-refractivity contribution in [2.24, 2.45) is 0 Å². The van der Waals surface area contributed by atoms with Crippen LogP contribution in [-0.2, 0) is 23.7 Å². The first-order valence-electron chi connectivity index (χ1n) is 33.3. The number of hydrogen-bond donors (Lipinski definition) is 9. The summed E-state index contributed by atoms with van der Waals surface area (Å²) in [6.07, 6.45) is 62.5. The van der Waals surface area contributed by atoms with Gasteiger partial charge in [0.05, 0.1) is 32.0 Å². The van der Waals surface area contributed by atoms with E-state index in [1.807, 2.05) is 6.08 Å². The van der Waals surface area contributed by atoms with Crippen LogP contribution in [0.3, 0.4) is 0 Å². The Labute approximate surface area is 514 Å². The Kier molecular flexibility index (Phi) is 49.7. The van der Waals surface area contributed by atoms with Gasteiger partial charge < -0.3 is 65.1 Å². The molecule has 486 valence electrons. The monoisotopic (exact) mass is 1190 g/mol. The van der Waals surface area contributed by atoms with E-state index in [1.54, 1.807) is 6.08 Å². The van der Waals surface area contributed by atoms with Crippen molar-refractivity contribution in [3.8, 4) is 0 Å². The van der Waals surface area contributed by atoms with Gasteiger partial charge in [0.25, 0.3) is 0 Å². The van der Waals surface area contributed by atoms with E-state index in [-0.39, 0.29) is 18.9 Å². The molecule has 0 bridgehead atoms. The van der Waals surface area contributed by atoms with Gasteiger partial charge in [-0.25, -0.2) is 0 Å². The van der Waals surface area contributed by atoms with Gasteiger partial charge in [0.15, 0.2) is 12.6 Å². The van der Waals surface area contributed by atoms with Crippen molar-refractivity contribution in [3.05, 3.63) is 122 Å². The standard InChI is InChI=1S/C71H119NO13/c1-3-5-7-9-11-13-15-17-19-20-21-22-23-24-25-26-27-28-29-30-31-32-33-34-35-36-37-38-39-40-41-43-45-47-49-51-53-55-63(76)72-59(60(75)54-52-50-48-46-44-42-18-16-14-12-10-8-6-4-2)58-82-70-68(81)66(79)69(62(57-74)84-70)85-71-67(80)65(78)64(77)61(56-73)83-71/h5,7,11,13,17,19,21-22,24-25,27-28,30-31,33-34,44,46,52,54,59-62,64-71,73-75,77-81H,3-4,6,8-10,12,14-16,18,20,23,26,29,32,35-43,45,47-51,53,55-58H2,1-2H3,(H,72,76)/b7-5-,13-11-,19-17-,22-21-,25-24-,28-27-,31-30-,34-33-,46-44+,54-52+. The Morgan fingerprint density at radius 1 is 0.435 bits per heavy atom. The Hall–Kier alpha value is -3.61. The van der Waals surface area contributed by atoms with Crippen molar-refractivity contribution < 1.29 is 64.6 Å². The van der Waals surface area contributed by atoms with Crippen LogP contribution < -0.4 is 5.32 Å². The van der Waals surface area contributed by atoms with E-state index in [4.69, 9.17) is 18.9 Å². The molecule has 2 heterocycles. The second-order valence-electron chi connectivity index (χ2n) is 22.9. The van der Waals surface area contributed by atoms with Crippen molar-refractivity contribution in [1.29, 1.82) is 0 Å². The number of amides is 1. The lowest BCUT2D eigenvalue weighted by atomic mass is 9.97. The summed E-state index contributed by atoms with van der Waals surface area (Å²) in [7, 11) is 0. The van der Waals surface area contributed by atoms with Crippen LogP contribution >= 0.6 is 0 Å². The molecule has 1 amide bonds. The smallest absolute Gasteiger partial charge is 0.220 e. The number of carbonyl (C=O) groups excluding carboxylic acids is 1. The first kappa shape index (κ1) is 77.5. The first-order chi connectivity index (χ1) is 41.6. The molecule has 0 aromatic heterocycles. The van der Waals surface area contributed by atoms with Gasteiger partial charge in [0.2, 0.25) is 5.91 Å². The Bertz CT molecular complexity index is 1890. The summed E-state index contributed by atoms with van der Waals surface area (Å²) in [5.41, 5.74) is 0. The fourth-order valence-electron chi connectivity index (χ4n) is 10.1. The molecule has 14 nitrogen and oxygen atoms in total. The van der Waals surface area contributed by atoms with Crippen LogP contribution in [0.15, 0.2) is 122 Å². The van der Waals surface area contributed by atoms with Gasteiger partial charge in [0, 0.05) is 6.42 Å². The van der Waals surface area contributed by atoms with Gasteiger partial charge in [-0.1, -0.05) is 245 Å². The number of aliphatic hydroxyl groups is 8. The van der Waals surface area contributed by atoms with Crippen LogP contribution in [0.25, 0.3) is 0 Å². The van der Waals surface area contributed by atoms with Crippen LogP contribution in [0.4, 0.5) is 0 Å². The Balaban J connectivity index is 1.64. The number of rotatable bonds is 52. The van der Waals surface area contributed by atoms with E-state index in [2.05, 4.69) is 129 Å². The molecule has 0 aliphatic carbocycles. The average molecular weight is 1190 g/mol. The molecule has 0 radical (unpaired) electrons. The summed E-state index contributed by atoms with van der Waals surface area (Å²) in [6.45, 7) is 2.64. The number of hydrogen-bond acceptors (Lipinski definition) is 13. The Morgan fingerprint density at radius 2 is 0.824 bits per heavy atom. The molecule has 2 fully saturated rings. The molecule has 0 aromatic carbocycles.